The Kier molecular flexibility index (Phi) is 6.88. The Morgan fingerprint density at radius 3 is 2.96 bits per heavy atom. The fourth-order valence-electron chi connectivity index (χ4n) is 3.27. The maximum Gasteiger partial charge on any atom is 0.230 e. The average Bonchev–Trinajstić information content (AvgIpc) is 3.33. The summed E-state index contributed by atoms with van der Waals surface area (Å²) in [6.45, 7) is 0.597. The molecule has 0 spiro atoms. The number of tetrazole rings is 1. The van der Waals surface area contributed by atoms with Crippen molar-refractivity contribution < 1.29 is 9.53 Å². The van der Waals surface area contributed by atoms with E-state index in [1.165, 1.54) is 12.8 Å². The number of para-hydroxylation sites is 1. The number of methoxy groups -OCH3 is 1. The number of nitrogens with zero attached hydrogens (tertiary/aromatic N) is 4. The van der Waals surface area contributed by atoms with Crippen molar-refractivity contribution in [1.29, 1.82) is 0 Å². The van der Waals surface area contributed by atoms with Gasteiger partial charge in [-0.15, -0.1) is 16.9 Å². The van der Waals surface area contributed by atoms with Crippen LogP contribution in [0.1, 0.15) is 43.1 Å². The summed E-state index contributed by atoms with van der Waals surface area (Å²) >= 11 is 1.55. The molecule has 26 heavy (non-hydrogen) atoms. The molecule has 1 amide bonds. The molecular formula is C18H25N5O2S. The molecule has 1 aliphatic carbocycles. The molecule has 0 radical (unpaired) electrons. The van der Waals surface area contributed by atoms with E-state index in [9.17, 15) is 4.79 Å². The number of hydrogen-bond donors (Lipinski definition) is 1. The van der Waals surface area contributed by atoms with Crippen LogP contribution in [-0.2, 0) is 17.0 Å². The van der Waals surface area contributed by atoms with E-state index in [0.29, 0.717) is 24.1 Å². The van der Waals surface area contributed by atoms with Crippen LogP contribution in [0.15, 0.2) is 24.3 Å². The number of carbonyl (C=O) groups excluding carboxylic acids is 1. The molecule has 0 saturated heterocycles. The molecule has 1 aliphatic rings. The first kappa shape index (κ1) is 18.7. The Morgan fingerprint density at radius 1 is 1.35 bits per heavy atom. The standard InChI is InChI=1S/C18H25N5O2S/c1-25-16-9-5-2-6-14(16)10-11-19-18(24)13-26-12-17-20-21-22-23(17)15-7-3-4-8-15/h2,5-6,9,15H,3-4,7-8,10-13H2,1H3,(H,19,24). The molecule has 0 aliphatic heterocycles. The second kappa shape index (κ2) is 9.56. The maximum atomic E-state index is 12.0. The minimum atomic E-state index is 0.0322. The lowest BCUT2D eigenvalue weighted by Gasteiger charge is -2.11. The van der Waals surface area contributed by atoms with Gasteiger partial charge in [-0.1, -0.05) is 31.0 Å². The summed E-state index contributed by atoms with van der Waals surface area (Å²) in [5.74, 6) is 2.82. The van der Waals surface area contributed by atoms with E-state index in [4.69, 9.17) is 4.74 Å². The van der Waals surface area contributed by atoms with Crippen molar-refractivity contribution in [2.24, 2.45) is 0 Å². The fraction of sp³-hybridized carbons (Fsp3) is 0.556. The number of amides is 1. The highest BCUT2D eigenvalue weighted by Gasteiger charge is 2.21. The summed E-state index contributed by atoms with van der Waals surface area (Å²) in [5, 5.41) is 15.0. The maximum absolute atomic E-state index is 12.0. The molecule has 0 atom stereocenters. The number of ether oxygens (including phenoxy) is 1. The molecule has 0 bridgehead atoms. The summed E-state index contributed by atoms with van der Waals surface area (Å²) < 4.78 is 7.27. The van der Waals surface area contributed by atoms with Crippen molar-refractivity contribution in [3.63, 3.8) is 0 Å². The Morgan fingerprint density at radius 2 is 2.15 bits per heavy atom. The lowest BCUT2D eigenvalue weighted by Crippen LogP contribution is -2.27. The highest BCUT2D eigenvalue weighted by atomic mass is 32.2. The molecule has 0 unspecified atom stereocenters. The van der Waals surface area contributed by atoms with E-state index in [0.717, 1.165) is 36.4 Å². The minimum Gasteiger partial charge on any atom is -0.496 e. The lowest BCUT2D eigenvalue weighted by atomic mass is 10.1. The van der Waals surface area contributed by atoms with E-state index >= 15 is 0 Å². The normalized spacial score (nSPS) is 14.5. The fourth-order valence-corrected chi connectivity index (χ4v) is 4.03. The summed E-state index contributed by atoms with van der Waals surface area (Å²) in [6, 6.07) is 8.29. The van der Waals surface area contributed by atoms with Crippen molar-refractivity contribution in [2.75, 3.05) is 19.4 Å². The van der Waals surface area contributed by atoms with Crippen LogP contribution in [0.4, 0.5) is 0 Å². The first-order valence-electron chi connectivity index (χ1n) is 9.01. The quantitative estimate of drug-likeness (QED) is 0.725. The highest BCUT2D eigenvalue weighted by Crippen LogP contribution is 2.29. The van der Waals surface area contributed by atoms with Crippen molar-refractivity contribution in [3.8, 4) is 5.75 Å². The Bertz CT molecular complexity index is 715. The van der Waals surface area contributed by atoms with Crippen LogP contribution < -0.4 is 10.1 Å². The van der Waals surface area contributed by atoms with Crippen LogP contribution in [0, 0.1) is 0 Å². The van der Waals surface area contributed by atoms with Gasteiger partial charge in [-0.2, -0.15) is 0 Å². The van der Waals surface area contributed by atoms with Gasteiger partial charge in [0.2, 0.25) is 5.91 Å². The van der Waals surface area contributed by atoms with Crippen LogP contribution in [0.25, 0.3) is 0 Å². The zero-order chi connectivity index (χ0) is 18.2. The van der Waals surface area contributed by atoms with Crippen LogP contribution in [-0.4, -0.2) is 45.5 Å². The zero-order valence-corrected chi connectivity index (χ0v) is 15.9. The Labute approximate surface area is 157 Å². The predicted octanol–water partition coefficient (Wildman–Crippen LogP) is 2.39. The van der Waals surface area contributed by atoms with Gasteiger partial charge < -0.3 is 10.1 Å². The van der Waals surface area contributed by atoms with Crippen molar-refractivity contribution in [3.05, 3.63) is 35.7 Å². The SMILES string of the molecule is COc1ccccc1CCNC(=O)CSCc1nnnn1C1CCCC1. The lowest BCUT2D eigenvalue weighted by molar-refractivity contribution is -0.118. The van der Waals surface area contributed by atoms with Crippen molar-refractivity contribution in [1.82, 2.24) is 25.5 Å². The van der Waals surface area contributed by atoms with E-state index < -0.39 is 0 Å². The number of aromatic nitrogens is 4. The molecule has 1 N–H and O–H groups in total. The molecule has 1 fully saturated rings. The Hall–Kier alpha value is -2.09. The molecule has 1 saturated carbocycles. The van der Waals surface area contributed by atoms with Gasteiger partial charge in [-0.05, 0) is 41.3 Å². The van der Waals surface area contributed by atoms with E-state index in [-0.39, 0.29) is 5.91 Å². The Balaban J connectivity index is 1.38. The monoisotopic (exact) mass is 375 g/mol. The van der Waals surface area contributed by atoms with E-state index in [2.05, 4.69) is 20.8 Å². The van der Waals surface area contributed by atoms with Gasteiger partial charge in [-0.3, -0.25) is 4.79 Å². The number of rotatable bonds is 9. The molecule has 140 valence electrons. The first-order valence-corrected chi connectivity index (χ1v) is 10.2. The first-order chi connectivity index (χ1) is 12.8. The summed E-state index contributed by atoms with van der Waals surface area (Å²) in [6.07, 6.45) is 5.52. The number of thioether (sulfide) groups is 1. The smallest absolute Gasteiger partial charge is 0.230 e. The van der Waals surface area contributed by atoms with Gasteiger partial charge in [0.05, 0.1) is 24.7 Å². The molecule has 1 aromatic heterocycles. The third-order valence-electron chi connectivity index (χ3n) is 4.60. The van der Waals surface area contributed by atoms with Gasteiger partial charge in [0.1, 0.15) is 5.75 Å². The molecule has 2 aromatic rings. The highest BCUT2D eigenvalue weighted by molar-refractivity contribution is 7.99. The molecule has 8 heteroatoms. The van der Waals surface area contributed by atoms with Crippen LogP contribution in [0.5, 0.6) is 5.75 Å². The largest absolute Gasteiger partial charge is 0.496 e. The second-order valence-electron chi connectivity index (χ2n) is 6.38. The van der Waals surface area contributed by atoms with E-state index in [1.807, 2.05) is 28.9 Å². The third-order valence-corrected chi connectivity index (χ3v) is 5.53. The summed E-state index contributed by atoms with van der Waals surface area (Å²) in [5.41, 5.74) is 1.10. The number of benzene rings is 1. The molecule has 1 aromatic carbocycles. The zero-order valence-electron chi connectivity index (χ0n) is 15.1. The number of carbonyl (C=O) groups is 1. The second-order valence-corrected chi connectivity index (χ2v) is 7.37. The van der Waals surface area contributed by atoms with Gasteiger partial charge in [0.15, 0.2) is 5.82 Å². The van der Waals surface area contributed by atoms with Gasteiger partial charge in [-0.25, -0.2) is 4.68 Å². The number of hydrogen-bond acceptors (Lipinski definition) is 6. The molecule has 1 heterocycles. The van der Waals surface area contributed by atoms with E-state index in [1.54, 1.807) is 18.9 Å². The molecule has 7 nitrogen and oxygen atoms in total. The van der Waals surface area contributed by atoms with Gasteiger partial charge >= 0.3 is 0 Å². The summed E-state index contributed by atoms with van der Waals surface area (Å²) in [4.78, 5) is 12.0. The van der Waals surface area contributed by atoms with Crippen LogP contribution in [0.2, 0.25) is 0 Å². The minimum absolute atomic E-state index is 0.0322. The van der Waals surface area contributed by atoms with Crippen LogP contribution in [0.3, 0.4) is 0 Å². The van der Waals surface area contributed by atoms with Gasteiger partial charge in [0, 0.05) is 6.54 Å². The van der Waals surface area contributed by atoms with Gasteiger partial charge in [0.25, 0.3) is 0 Å². The van der Waals surface area contributed by atoms with Crippen molar-refractivity contribution in [2.45, 2.75) is 43.9 Å². The van der Waals surface area contributed by atoms with Crippen molar-refractivity contribution >= 4 is 17.7 Å². The third kappa shape index (κ3) is 4.97. The predicted molar refractivity (Wildman–Crippen MR) is 101 cm³/mol. The average molecular weight is 375 g/mol. The molecular weight excluding hydrogens is 350 g/mol. The number of nitrogens with one attached hydrogen (secondary N) is 1. The molecule has 3 rings (SSSR count). The van der Waals surface area contributed by atoms with Crippen LogP contribution >= 0.6 is 11.8 Å². The topological polar surface area (TPSA) is 81.9 Å². The summed E-state index contributed by atoms with van der Waals surface area (Å²) in [7, 11) is 1.66.